The lowest BCUT2D eigenvalue weighted by Crippen LogP contribution is -2.39. The Hall–Kier alpha value is -2.44. The zero-order valence-corrected chi connectivity index (χ0v) is 13.2. The zero-order valence-electron chi connectivity index (χ0n) is 13.2. The second kappa shape index (κ2) is 6.98. The fourth-order valence-electron chi connectivity index (χ4n) is 2.85. The molecule has 1 aromatic carbocycles. The number of aryl methyl sites for hydroxylation is 1. The van der Waals surface area contributed by atoms with Gasteiger partial charge in [-0.2, -0.15) is 0 Å². The van der Waals surface area contributed by atoms with Crippen molar-refractivity contribution in [2.75, 3.05) is 0 Å². The minimum Gasteiger partial charge on any atom is -0.490 e. The Bertz CT molecular complexity index is 704. The maximum atomic E-state index is 13.2. The van der Waals surface area contributed by atoms with Crippen LogP contribution in [0.25, 0.3) is 0 Å². The van der Waals surface area contributed by atoms with E-state index in [-0.39, 0.29) is 29.5 Å². The summed E-state index contributed by atoms with van der Waals surface area (Å²) in [6, 6.07) is 4.76. The predicted octanol–water partition coefficient (Wildman–Crippen LogP) is 3.38. The third-order valence-electron chi connectivity index (χ3n) is 4.01. The highest BCUT2D eigenvalue weighted by atomic mass is 19.1. The number of carbonyl (C=O) groups excluding carboxylic acids is 1. The summed E-state index contributed by atoms with van der Waals surface area (Å²) in [4.78, 5) is 12.0. The summed E-state index contributed by atoms with van der Waals surface area (Å²) < 4.78 is 36.9. The SMILES string of the molecule is Cc1cc(C(=O)NC2CCC(Oc3cc(F)cc(F)c3)CC2)no1. The van der Waals surface area contributed by atoms with Crippen LogP contribution in [0, 0.1) is 18.6 Å². The molecular formula is C17H18F2N2O3. The van der Waals surface area contributed by atoms with Gasteiger partial charge in [0.05, 0.1) is 6.10 Å². The second-order valence-corrected chi connectivity index (χ2v) is 5.99. The minimum absolute atomic E-state index is 0.0265. The lowest BCUT2D eigenvalue weighted by molar-refractivity contribution is 0.0884. The van der Waals surface area contributed by atoms with Gasteiger partial charge in [-0.15, -0.1) is 0 Å². The van der Waals surface area contributed by atoms with E-state index in [4.69, 9.17) is 9.26 Å². The lowest BCUT2D eigenvalue weighted by atomic mass is 9.93. The molecule has 1 fully saturated rings. The highest BCUT2D eigenvalue weighted by Crippen LogP contribution is 2.25. The summed E-state index contributed by atoms with van der Waals surface area (Å²) >= 11 is 0. The molecule has 0 bridgehead atoms. The number of rotatable bonds is 4. The predicted molar refractivity (Wildman–Crippen MR) is 81.7 cm³/mol. The molecule has 0 aliphatic heterocycles. The summed E-state index contributed by atoms with van der Waals surface area (Å²) in [5, 5.41) is 6.60. The number of nitrogens with zero attached hydrogens (tertiary/aromatic N) is 1. The molecule has 1 heterocycles. The third kappa shape index (κ3) is 4.10. The van der Waals surface area contributed by atoms with Crippen molar-refractivity contribution in [3.05, 3.63) is 47.4 Å². The van der Waals surface area contributed by atoms with Crippen LogP contribution in [-0.4, -0.2) is 23.2 Å². The third-order valence-corrected chi connectivity index (χ3v) is 4.01. The van der Waals surface area contributed by atoms with E-state index >= 15 is 0 Å². The molecule has 5 nitrogen and oxygen atoms in total. The fraction of sp³-hybridized carbons (Fsp3) is 0.412. The van der Waals surface area contributed by atoms with Gasteiger partial charge in [0.15, 0.2) is 5.69 Å². The summed E-state index contributed by atoms with van der Waals surface area (Å²) in [5.74, 6) is -0.802. The van der Waals surface area contributed by atoms with E-state index in [9.17, 15) is 13.6 Å². The summed E-state index contributed by atoms with van der Waals surface area (Å²) in [6.45, 7) is 1.72. The highest BCUT2D eigenvalue weighted by Gasteiger charge is 2.25. The average molecular weight is 336 g/mol. The van der Waals surface area contributed by atoms with Crippen LogP contribution in [0.3, 0.4) is 0 Å². The van der Waals surface area contributed by atoms with Crippen molar-refractivity contribution >= 4 is 5.91 Å². The Kier molecular flexibility index (Phi) is 4.78. The van der Waals surface area contributed by atoms with Gasteiger partial charge >= 0.3 is 0 Å². The van der Waals surface area contributed by atoms with Crippen molar-refractivity contribution in [2.24, 2.45) is 0 Å². The van der Waals surface area contributed by atoms with Gasteiger partial charge in [-0.05, 0) is 32.6 Å². The van der Waals surface area contributed by atoms with Crippen molar-refractivity contribution < 1.29 is 22.8 Å². The van der Waals surface area contributed by atoms with Crippen LogP contribution in [0.1, 0.15) is 41.9 Å². The molecular weight excluding hydrogens is 318 g/mol. The van der Waals surface area contributed by atoms with Crippen molar-refractivity contribution in [3.8, 4) is 5.75 Å². The molecule has 0 radical (unpaired) electrons. The number of hydrogen-bond donors (Lipinski definition) is 1. The number of ether oxygens (including phenoxy) is 1. The van der Waals surface area contributed by atoms with Crippen LogP contribution in [0.2, 0.25) is 0 Å². The van der Waals surface area contributed by atoms with E-state index in [1.54, 1.807) is 13.0 Å². The summed E-state index contributed by atoms with van der Waals surface area (Å²) in [6.07, 6.45) is 2.73. The van der Waals surface area contributed by atoms with E-state index in [2.05, 4.69) is 10.5 Å². The molecule has 1 aliphatic carbocycles. The van der Waals surface area contributed by atoms with Crippen molar-refractivity contribution in [1.82, 2.24) is 10.5 Å². The van der Waals surface area contributed by atoms with Crippen molar-refractivity contribution in [3.63, 3.8) is 0 Å². The zero-order chi connectivity index (χ0) is 17.1. The molecule has 0 saturated heterocycles. The van der Waals surface area contributed by atoms with Gasteiger partial charge in [-0.3, -0.25) is 4.79 Å². The number of nitrogens with one attached hydrogen (secondary N) is 1. The number of halogens is 2. The minimum atomic E-state index is -0.658. The van der Waals surface area contributed by atoms with Crippen LogP contribution in [0.5, 0.6) is 5.75 Å². The molecule has 1 N–H and O–H groups in total. The maximum Gasteiger partial charge on any atom is 0.273 e. The first-order chi connectivity index (χ1) is 11.5. The van der Waals surface area contributed by atoms with Crippen molar-refractivity contribution in [2.45, 2.75) is 44.8 Å². The van der Waals surface area contributed by atoms with Gasteiger partial charge < -0.3 is 14.6 Å². The Morgan fingerprint density at radius 1 is 1.17 bits per heavy atom. The topological polar surface area (TPSA) is 64.4 Å². The van der Waals surface area contributed by atoms with E-state index in [1.165, 1.54) is 12.1 Å². The van der Waals surface area contributed by atoms with Crippen LogP contribution in [0.15, 0.2) is 28.8 Å². The first-order valence-electron chi connectivity index (χ1n) is 7.86. The van der Waals surface area contributed by atoms with Crippen LogP contribution in [0.4, 0.5) is 8.78 Å². The summed E-state index contributed by atoms with van der Waals surface area (Å²) in [7, 11) is 0. The van der Waals surface area contributed by atoms with E-state index in [1.807, 2.05) is 0 Å². The number of benzene rings is 1. The Labute approximate surface area is 138 Å². The molecule has 2 aromatic rings. The molecule has 3 rings (SSSR count). The Balaban J connectivity index is 1.49. The molecule has 1 aromatic heterocycles. The molecule has 128 valence electrons. The van der Waals surface area contributed by atoms with Crippen molar-refractivity contribution in [1.29, 1.82) is 0 Å². The largest absolute Gasteiger partial charge is 0.490 e. The van der Waals surface area contributed by atoms with E-state index < -0.39 is 11.6 Å². The van der Waals surface area contributed by atoms with Gasteiger partial charge in [0.1, 0.15) is 23.1 Å². The first-order valence-corrected chi connectivity index (χ1v) is 7.86. The van der Waals surface area contributed by atoms with E-state index in [0.29, 0.717) is 18.6 Å². The molecule has 0 spiro atoms. The van der Waals surface area contributed by atoms with Gasteiger partial charge in [0.2, 0.25) is 0 Å². The lowest BCUT2D eigenvalue weighted by Gasteiger charge is -2.29. The van der Waals surface area contributed by atoms with E-state index in [0.717, 1.165) is 18.9 Å². The van der Waals surface area contributed by atoms with Gasteiger partial charge in [0.25, 0.3) is 5.91 Å². The highest BCUT2D eigenvalue weighted by molar-refractivity contribution is 5.92. The van der Waals surface area contributed by atoms with Gasteiger partial charge in [-0.1, -0.05) is 5.16 Å². The van der Waals surface area contributed by atoms with Gasteiger partial charge in [0, 0.05) is 30.3 Å². The molecule has 24 heavy (non-hydrogen) atoms. The maximum absolute atomic E-state index is 13.2. The molecule has 1 aliphatic rings. The number of carbonyl (C=O) groups is 1. The van der Waals surface area contributed by atoms with Crippen LogP contribution < -0.4 is 10.1 Å². The average Bonchev–Trinajstić information content (AvgIpc) is 2.95. The normalized spacial score (nSPS) is 20.6. The van der Waals surface area contributed by atoms with Crippen LogP contribution in [-0.2, 0) is 0 Å². The second-order valence-electron chi connectivity index (χ2n) is 5.99. The molecule has 1 amide bonds. The monoisotopic (exact) mass is 336 g/mol. The standard InChI is InChI=1S/C17H18F2N2O3/c1-10-6-16(21-24-10)17(22)20-13-2-4-14(5-3-13)23-15-8-11(18)7-12(19)9-15/h6-9,13-14H,2-5H2,1H3,(H,20,22). The first kappa shape index (κ1) is 16.4. The fourth-order valence-corrected chi connectivity index (χ4v) is 2.85. The molecule has 0 unspecified atom stereocenters. The number of amides is 1. The number of hydrogen-bond acceptors (Lipinski definition) is 4. The van der Waals surface area contributed by atoms with Gasteiger partial charge in [-0.25, -0.2) is 8.78 Å². The molecule has 0 atom stereocenters. The van der Waals surface area contributed by atoms with Crippen LogP contribution >= 0.6 is 0 Å². The Morgan fingerprint density at radius 2 is 1.83 bits per heavy atom. The Morgan fingerprint density at radius 3 is 2.42 bits per heavy atom. The number of aromatic nitrogens is 1. The smallest absolute Gasteiger partial charge is 0.273 e. The summed E-state index contributed by atoms with van der Waals surface area (Å²) in [5.41, 5.74) is 0.265. The molecule has 1 saturated carbocycles. The molecule has 7 heteroatoms. The quantitative estimate of drug-likeness (QED) is 0.930.